The summed E-state index contributed by atoms with van der Waals surface area (Å²) >= 11 is 0. The molecule has 6 rings (SSSR count). The zero-order chi connectivity index (χ0) is 34.9. The first-order valence-electron chi connectivity index (χ1n) is 17.1. The maximum atomic E-state index is 14.8. The normalized spacial score (nSPS) is 15.1. The van der Waals surface area contributed by atoms with E-state index in [4.69, 9.17) is 14.2 Å². The van der Waals surface area contributed by atoms with Crippen molar-refractivity contribution in [2.24, 2.45) is 0 Å². The molecular weight excluding hydrogens is 655 g/mol. The molecule has 1 fully saturated rings. The number of carbonyl (C=O) groups excluding carboxylic acids is 2. The number of methoxy groups -OCH3 is 1. The average molecular weight is 698 g/mol. The van der Waals surface area contributed by atoms with Gasteiger partial charge < -0.3 is 24.4 Å². The van der Waals surface area contributed by atoms with Gasteiger partial charge in [-0.05, 0) is 60.4 Å². The van der Waals surface area contributed by atoms with Gasteiger partial charge in [0.25, 0.3) is 10.0 Å². The molecule has 1 N–H and O–H groups in total. The fraction of sp³-hybridized carbons (Fsp3) is 0.333. The number of hydrogen-bond donors (Lipinski definition) is 1. The van der Waals surface area contributed by atoms with E-state index in [1.807, 2.05) is 54.6 Å². The van der Waals surface area contributed by atoms with Crippen LogP contribution in [-0.4, -0.2) is 64.1 Å². The second kappa shape index (κ2) is 16.1. The van der Waals surface area contributed by atoms with Crippen molar-refractivity contribution in [3.05, 3.63) is 114 Å². The van der Waals surface area contributed by atoms with Gasteiger partial charge in [-0.2, -0.15) is 0 Å². The summed E-state index contributed by atoms with van der Waals surface area (Å²) in [5, 5.41) is 3.24. The zero-order valence-electron chi connectivity index (χ0n) is 28.2. The predicted molar refractivity (Wildman–Crippen MR) is 191 cm³/mol. The number of anilines is 1. The van der Waals surface area contributed by atoms with Crippen LogP contribution in [0.5, 0.6) is 17.2 Å². The highest BCUT2D eigenvalue weighted by Crippen LogP contribution is 2.36. The van der Waals surface area contributed by atoms with E-state index in [0.29, 0.717) is 30.5 Å². The van der Waals surface area contributed by atoms with Crippen LogP contribution in [0.3, 0.4) is 0 Å². The number of carbonyl (C=O) groups is 2. The van der Waals surface area contributed by atoms with Gasteiger partial charge in [-0.25, -0.2) is 8.42 Å². The maximum absolute atomic E-state index is 14.8. The fourth-order valence-electron chi connectivity index (χ4n) is 6.50. The molecule has 1 atom stereocenters. The summed E-state index contributed by atoms with van der Waals surface area (Å²) in [4.78, 5) is 30.7. The number of nitrogens with one attached hydrogen (secondary N) is 1. The van der Waals surface area contributed by atoms with Crippen LogP contribution in [0.25, 0.3) is 0 Å². The minimum Gasteiger partial charge on any atom is -0.497 e. The van der Waals surface area contributed by atoms with Gasteiger partial charge in [0.05, 0.1) is 17.7 Å². The summed E-state index contributed by atoms with van der Waals surface area (Å²) in [6.45, 7) is 0.170. The lowest BCUT2D eigenvalue weighted by Crippen LogP contribution is -2.55. The molecule has 0 saturated heterocycles. The Morgan fingerprint density at radius 3 is 2.22 bits per heavy atom. The Balaban J connectivity index is 1.41. The minimum absolute atomic E-state index is 0.0102. The second-order valence-corrected chi connectivity index (χ2v) is 14.4. The molecule has 1 aliphatic carbocycles. The van der Waals surface area contributed by atoms with Crippen LogP contribution < -0.4 is 23.8 Å². The monoisotopic (exact) mass is 697 g/mol. The number of fused-ring (bicyclic) bond motifs is 1. The fourth-order valence-corrected chi connectivity index (χ4v) is 7.93. The number of nitrogens with zero attached hydrogens (tertiary/aromatic N) is 2. The third-order valence-electron chi connectivity index (χ3n) is 9.13. The van der Waals surface area contributed by atoms with Crippen molar-refractivity contribution in [1.29, 1.82) is 0 Å². The second-order valence-electron chi connectivity index (χ2n) is 12.6. The van der Waals surface area contributed by atoms with E-state index in [0.717, 1.165) is 47.5 Å². The van der Waals surface area contributed by atoms with Crippen molar-refractivity contribution in [2.45, 2.75) is 62.0 Å². The average Bonchev–Trinajstić information content (AvgIpc) is 3.16. The van der Waals surface area contributed by atoms with E-state index in [2.05, 4.69) is 5.32 Å². The molecule has 1 aliphatic heterocycles. The molecule has 50 heavy (non-hydrogen) atoms. The van der Waals surface area contributed by atoms with Crippen LogP contribution in [-0.2, 0) is 32.6 Å². The zero-order valence-corrected chi connectivity index (χ0v) is 29.0. The van der Waals surface area contributed by atoms with Crippen molar-refractivity contribution >= 4 is 27.5 Å². The number of amides is 2. The smallest absolute Gasteiger partial charge is 0.264 e. The molecule has 4 aromatic rings. The lowest BCUT2D eigenvalue weighted by atomic mass is 9.94. The summed E-state index contributed by atoms with van der Waals surface area (Å²) in [7, 11) is -2.68. The Morgan fingerprint density at radius 2 is 1.50 bits per heavy atom. The van der Waals surface area contributed by atoms with E-state index in [1.165, 1.54) is 17.0 Å². The third kappa shape index (κ3) is 8.39. The van der Waals surface area contributed by atoms with Gasteiger partial charge in [-0.3, -0.25) is 13.9 Å². The van der Waals surface area contributed by atoms with E-state index in [9.17, 15) is 18.0 Å². The SMILES string of the molecule is COc1cccc(CN(C(=O)CN(c2ccc3c(c2)OCCO3)S(=O)(=O)c2ccccc2)[C@H](Cc2ccccc2)C(=O)NC2CCCCC2)c1. The van der Waals surface area contributed by atoms with Crippen molar-refractivity contribution in [3.8, 4) is 17.2 Å². The Hall–Kier alpha value is -5.03. The highest BCUT2D eigenvalue weighted by molar-refractivity contribution is 7.92. The van der Waals surface area contributed by atoms with E-state index in [1.54, 1.807) is 43.5 Å². The first kappa shape index (κ1) is 34.8. The first-order valence-corrected chi connectivity index (χ1v) is 18.5. The molecule has 2 aliphatic rings. The van der Waals surface area contributed by atoms with Gasteiger partial charge in [0.15, 0.2) is 11.5 Å². The van der Waals surface area contributed by atoms with E-state index in [-0.39, 0.29) is 35.5 Å². The molecule has 0 spiro atoms. The molecule has 4 aromatic carbocycles. The number of rotatable bonds is 13. The summed E-state index contributed by atoms with van der Waals surface area (Å²) in [5.41, 5.74) is 1.84. The van der Waals surface area contributed by atoms with E-state index < -0.39 is 28.5 Å². The van der Waals surface area contributed by atoms with Crippen molar-refractivity contribution in [3.63, 3.8) is 0 Å². The quantitative estimate of drug-likeness (QED) is 0.189. The number of benzene rings is 4. The van der Waals surface area contributed by atoms with Gasteiger partial charge in [0.1, 0.15) is 31.5 Å². The van der Waals surface area contributed by atoms with Gasteiger partial charge >= 0.3 is 0 Å². The molecule has 262 valence electrons. The van der Waals surface area contributed by atoms with Gasteiger partial charge in [-0.1, -0.05) is 79.9 Å². The molecule has 0 unspecified atom stereocenters. The van der Waals surface area contributed by atoms with Gasteiger partial charge in [0, 0.05) is 25.1 Å². The number of hydrogen-bond acceptors (Lipinski definition) is 7. The van der Waals surface area contributed by atoms with Gasteiger partial charge in [-0.15, -0.1) is 0 Å². The lowest BCUT2D eigenvalue weighted by molar-refractivity contribution is -0.140. The molecule has 1 heterocycles. The molecule has 0 radical (unpaired) electrons. The number of ether oxygens (including phenoxy) is 3. The van der Waals surface area contributed by atoms with Crippen molar-refractivity contribution in [1.82, 2.24) is 10.2 Å². The van der Waals surface area contributed by atoms with Crippen LogP contribution in [0.4, 0.5) is 5.69 Å². The first-order chi connectivity index (χ1) is 24.3. The Bertz CT molecular complexity index is 1870. The van der Waals surface area contributed by atoms with Crippen molar-refractivity contribution < 1.29 is 32.2 Å². The Kier molecular flexibility index (Phi) is 11.2. The summed E-state index contributed by atoms with van der Waals surface area (Å²) < 4.78 is 46.7. The van der Waals surface area contributed by atoms with Crippen LogP contribution >= 0.6 is 0 Å². The Morgan fingerprint density at radius 1 is 0.820 bits per heavy atom. The van der Waals surface area contributed by atoms with Crippen LogP contribution in [0.2, 0.25) is 0 Å². The van der Waals surface area contributed by atoms with Crippen LogP contribution in [0, 0.1) is 0 Å². The van der Waals surface area contributed by atoms with Crippen molar-refractivity contribution in [2.75, 3.05) is 31.2 Å². The lowest BCUT2D eigenvalue weighted by Gasteiger charge is -2.35. The third-order valence-corrected chi connectivity index (χ3v) is 10.9. The van der Waals surface area contributed by atoms with Gasteiger partial charge in [0.2, 0.25) is 11.8 Å². The molecule has 0 bridgehead atoms. The Labute approximate surface area is 294 Å². The largest absolute Gasteiger partial charge is 0.497 e. The number of sulfonamides is 1. The topological polar surface area (TPSA) is 114 Å². The van der Waals surface area contributed by atoms with Crippen LogP contribution in [0.15, 0.2) is 108 Å². The maximum Gasteiger partial charge on any atom is 0.264 e. The molecule has 11 heteroatoms. The summed E-state index contributed by atoms with van der Waals surface area (Å²) in [6.07, 6.45) is 5.18. The molecule has 0 aromatic heterocycles. The van der Waals surface area contributed by atoms with E-state index >= 15 is 0 Å². The van der Waals surface area contributed by atoms with Crippen LogP contribution in [0.1, 0.15) is 43.2 Å². The summed E-state index contributed by atoms with van der Waals surface area (Å²) in [6, 6.07) is 28.8. The molecular formula is C39H43N3O7S. The highest BCUT2D eigenvalue weighted by atomic mass is 32.2. The summed E-state index contributed by atoms with van der Waals surface area (Å²) in [5.74, 6) is 0.670. The highest BCUT2D eigenvalue weighted by Gasteiger charge is 2.36. The standard InChI is InChI=1S/C39H43N3O7S/c1-47-33-17-11-14-30(24-33)27-41(35(25-29-12-5-2-6-13-29)39(44)40-31-15-7-3-8-16-31)38(43)28-42(50(45,46)34-18-9-4-10-19-34)32-20-21-36-37(26-32)49-23-22-48-36/h2,4-6,9-14,17-21,24,26,31,35H,3,7-8,15-16,22-23,25,27-28H2,1H3,(H,40,44)/t35-/m1/s1. The molecule has 10 nitrogen and oxygen atoms in total. The molecule has 1 saturated carbocycles. The molecule has 2 amide bonds. The minimum atomic E-state index is -4.25. The predicted octanol–water partition coefficient (Wildman–Crippen LogP) is 5.75.